The summed E-state index contributed by atoms with van der Waals surface area (Å²) in [5.41, 5.74) is 5.79. The van der Waals surface area contributed by atoms with E-state index in [-0.39, 0.29) is 12.0 Å². The van der Waals surface area contributed by atoms with E-state index in [9.17, 15) is 4.39 Å². The van der Waals surface area contributed by atoms with Crippen LogP contribution in [0.25, 0.3) is 5.69 Å². The smallest absolute Gasteiger partial charge is 0.125 e. The van der Waals surface area contributed by atoms with Gasteiger partial charge in [0.2, 0.25) is 0 Å². The first-order valence-electron chi connectivity index (χ1n) is 9.65. The van der Waals surface area contributed by atoms with Gasteiger partial charge in [-0.25, -0.2) is 9.07 Å². The Kier molecular flexibility index (Phi) is 5.20. The van der Waals surface area contributed by atoms with Gasteiger partial charge in [-0.15, -0.1) is 0 Å². The predicted molar refractivity (Wildman–Crippen MR) is 113 cm³/mol. The van der Waals surface area contributed by atoms with E-state index in [1.54, 1.807) is 24.1 Å². The number of anilines is 2. The molecule has 1 aliphatic heterocycles. The Morgan fingerprint density at radius 2 is 2.10 bits per heavy atom. The van der Waals surface area contributed by atoms with Crippen molar-refractivity contribution in [1.29, 1.82) is 0 Å². The topological polar surface area (TPSA) is 54.7 Å². The minimum atomic E-state index is -0.272. The maximum absolute atomic E-state index is 13.7. The molecule has 0 amide bonds. The third-order valence-corrected chi connectivity index (χ3v) is 5.17. The average Bonchev–Trinajstić information content (AvgIpc) is 3.31. The molecule has 0 radical (unpaired) electrons. The molecule has 4 rings (SSSR count). The van der Waals surface area contributed by atoms with Crippen molar-refractivity contribution in [3.8, 4) is 5.69 Å². The lowest BCUT2D eigenvalue weighted by molar-refractivity contribution is 0.213. The van der Waals surface area contributed by atoms with Gasteiger partial charge in [0.05, 0.1) is 22.8 Å². The number of halogens is 1. The van der Waals surface area contributed by atoms with Gasteiger partial charge >= 0.3 is 0 Å². The van der Waals surface area contributed by atoms with E-state index in [0.29, 0.717) is 0 Å². The van der Waals surface area contributed by atoms with Gasteiger partial charge < -0.3 is 15.1 Å². The number of rotatable bonds is 6. The van der Waals surface area contributed by atoms with Crippen molar-refractivity contribution in [3.05, 3.63) is 71.8 Å². The summed E-state index contributed by atoms with van der Waals surface area (Å²) in [5.74, 6) is -0.272. The molecule has 0 aliphatic carbocycles. The fourth-order valence-electron chi connectivity index (χ4n) is 3.82. The van der Waals surface area contributed by atoms with Gasteiger partial charge in [-0.2, -0.15) is 5.10 Å². The van der Waals surface area contributed by atoms with E-state index < -0.39 is 0 Å². The Morgan fingerprint density at radius 1 is 1.24 bits per heavy atom. The van der Waals surface area contributed by atoms with Crippen LogP contribution < -0.4 is 10.2 Å². The standard InChI is InChI=1S/C22H24FN5O/c1-4-27-21-9-8-16(15(2)26-29-3)12-20(21)25-22(27)14-19-10-11-24-28(19)18-7-5-6-17(23)13-18/h5-13,22,25H,4,14H2,1-3H3/b26-15-. The Labute approximate surface area is 169 Å². The lowest BCUT2D eigenvalue weighted by Crippen LogP contribution is -2.37. The first-order chi connectivity index (χ1) is 14.1. The van der Waals surface area contributed by atoms with Crippen molar-refractivity contribution in [3.63, 3.8) is 0 Å². The molecule has 1 aromatic heterocycles. The fraction of sp³-hybridized carbons (Fsp3) is 0.273. The normalized spacial score (nSPS) is 15.9. The average molecular weight is 393 g/mol. The van der Waals surface area contributed by atoms with E-state index in [0.717, 1.165) is 47.0 Å². The largest absolute Gasteiger partial charge is 0.399 e. The summed E-state index contributed by atoms with van der Waals surface area (Å²) >= 11 is 0. The van der Waals surface area contributed by atoms with Gasteiger partial charge in [-0.1, -0.05) is 17.3 Å². The summed E-state index contributed by atoms with van der Waals surface area (Å²) in [6.45, 7) is 4.93. The summed E-state index contributed by atoms with van der Waals surface area (Å²) in [7, 11) is 1.55. The highest BCUT2D eigenvalue weighted by Gasteiger charge is 2.29. The number of nitrogens with one attached hydrogen (secondary N) is 1. The number of nitrogens with zero attached hydrogens (tertiary/aromatic N) is 4. The molecule has 1 atom stereocenters. The summed E-state index contributed by atoms with van der Waals surface area (Å²) in [4.78, 5) is 7.22. The summed E-state index contributed by atoms with van der Waals surface area (Å²) in [5, 5.41) is 12.0. The van der Waals surface area contributed by atoms with E-state index in [4.69, 9.17) is 4.84 Å². The SMILES string of the molecule is CCN1c2ccc(/C(C)=N\OC)cc2NC1Cc1ccnn1-c1cccc(F)c1. The molecule has 0 bridgehead atoms. The van der Waals surface area contributed by atoms with Crippen molar-refractivity contribution in [2.24, 2.45) is 5.16 Å². The molecule has 150 valence electrons. The summed E-state index contributed by atoms with van der Waals surface area (Å²) < 4.78 is 15.5. The molecule has 3 aromatic rings. The second-order valence-corrected chi connectivity index (χ2v) is 6.96. The maximum Gasteiger partial charge on any atom is 0.125 e. The summed E-state index contributed by atoms with van der Waals surface area (Å²) in [6.07, 6.45) is 2.55. The predicted octanol–water partition coefficient (Wildman–Crippen LogP) is 4.20. The molecule has 0 spiro atoms. The van der Waals surface area contributed by atoms with Crippen molar-refractivity contribution in [1.82, 2.24) is 9.78 Å². The fourth-order valence-corrected chi connectivity index (χ4v) is 3.82. The highest BCUT2D eigenvalue weighted by molar-refractivity contribution is 6.00. The van der Waals surface area contributed by atoms with Gasteiger partial charge in [0.25, 0.3) is 0 Å². The molecule has 0 saturated carbocycles. The number of benzene rings is 2. The molecule has 2 heterocycles. The Bertz CT molecular complexity index is 1050. The van der Waals surface area contributed by atoms with Crippen molar-refractivity contribution in [2.45, 2.75) is 26.4 Å². The van der Waals surface area contributed by atoms with Crippen molar-refractivity contribution < 1.29 is 9.23 Å². The molecule has 0 saturated heterocycles. The molecule has 1 N–H and O–H groups in total. The molecule has 29 heavy (non-hydrogen) atoms. The zero-order chi connectivity index (χ0) is 20.4. The Hall–Kier alpha value is -3.35. The zero-order valence-electron chi connectivity index (χ0n) is 16.8. The molecule has 6 nitrogen and oxygen atoms in total. The number of aromatic nitrogens is 2. The highest BCUT2D eigenvalue weighted by Crippen LogP contribution is 2.36. The van der Waals surface area contributed by atoms with Crippen molar-refractivity contribution in [2.75, 3.05) is 23.9 Å². The van der Waals surface area contributed by atoms with E-state index >= 15 is 0 Å². The van der Waals surface area contributed by atoms with Crippen LogP contribution in [0.15, 0.2) is 59.9 Å². The Balaban J connectivity index is 1.60. The van der Waals surface area contributed by atoms with Crippen LogP contribution in [-0.2, 0) is 11.3 Å². The molecule has 2 aromatic carbocycles. The van der Waals surface area contributed by atoms with Gasteiger partial charge in [0.1, 0.15) is 19.1 Å². The first kappa shape index (κ1) is 19.0. The van der Waals surface area contributed by atoms with E-state index in [1.165, 1.54) is 12.1 Å². The first-order valence-corrected chi connectivity index (χ1v) is 9.65. The minimum absolute atomic E-state index is 0.0777. The van der Waals surface area contributed by atoms with Crippen LogP contribution >= 0.6 is 0 Å². The number of hydrogen-bond acceptors (Lipinski definition) is 5. The van der Waals surface area contributed by atoms with Crippen LogP contribution in [0.4, 0.5) is 15.8 Å². The third kappa shape index (κ3) is 3.68. The molecular formula is C22H24FN5O. The maximum atomic E-state index is 13.7. The second-order valence-electron chi connectivity index (χ2n) is 6.96. The van der Waals surface area contributed by atoms with Gasteiger partial charge in [0.15, 0.2) is 0 Å². The van der Waals surface area contributed by atoms with E-state index in [2.05, 4.69) is 45.6 Å². The van der Waals surface area contributed by atoms with Gasteiger partial charge in [-0.3, -0.25) is 0 Å². The van der Waals surface area contributed by atoms with E-state index in [1.807, 2.05) is 19.1 Å². The minimum Gasteiger partial charge on any atom is -0.399 e. The summed E-state index contributed by atoms with van der Waals surface area (Å²) in [6, 6.07) is 14.7. The molecular weight excluding hydrogens is 369 g/mol. The van der Waals surface area contributed by atoms with Crippen LogP contribution in [0.2, 0.25) is 0 Å². The molecule has 1 aliphatic rings. The van der Waals surface area contributed by atoms with Gasteiger partial charge in [0, 0.05) is 30.4 Å². The lowest BCUT2D eigenvalue weighted by atomic mass is 10.1. The quantitative estimate of drug-likeness (QED) is 0.504. The van der Waals surface area contributed by atoms with Gasteiger partial charge in [-0.05, 0) is 50.2 Å². The molecule has 7 heteroatoms. The number of fused-ring (bicyclic) bond motifs is 1. The number of hydrogen-bond donors (Lipinski definition) is 1. The van der Waals surface area contributed by atoms with Crippen LogP contribution in [0, 0.1) is 5.82 Å². The van der Waals surface area contributed by atoms with Crippen molar-refractivity contribution >= 4 is 17.1 Å². The monoisotopic (exact) mass is 393 g/mol. The molecule has 0 fully saturated rings. The van der Waals surface area contributed by atoms with Crippen LogP contribution in [-0.4, -0.2) is 35.3 Å². The lowest BCUT2D eigenvalue weighted by Gasteiger charge is -2.25. The van der Waals surface area contributed by atoms with Crippen LogP contribution in [0.3, 0.4) is 0 Å². The number of oxime groups is 1. The highest BCUT2D eigenvalue weighted by atomic mass is 19.1. The number of likely N-dealkylation sites (N-methyl/N-ethyl adjacent to an activating group) is 1. The van der Waals surface area contributed by atoms with Crippen LogP contribution in [0.5, 0.6) is 0 Å². The van der Waals surface area contributed by atoms with Crippen LogP contribution in [0.1, 0.15) is 25.1 Å². The second kappa shape index (κ2) is 7.95. The third-order valence-electron chi connectivity index (χ3n) is 5.17. The Morgan fingerprint density at radius 3 is 2.86 bits per heavy atom. The zero-order valence-corrected chi connectivity index (χ0v) is 16.8. The molecule has 1 unspecified atom stereocenters.